The number of thioether (sulfide) groups is 1. The van der Waals surface area contributed by atoms with Crippen LogP contribution in [0.3, 0.4) is 0 Å². The molecule has 0 rings (SSSR count). The van der Waals surface area contributed by atoms with Crippen molar-refractivity contribution in [3.63, 3.8) is 0 Å². The summed E-state index contributed by atoms with van der Waals surface area (Å²) in [7, 11) is 0. The molecule has 0 atom stereocenters. The fraction of sp³-hybridized carbons (Fsp3) is 0.800. The van der Waals surface area contributed by atoms with E-state index in [1.807, 2.05) is 27.7 Å². The Morgan fingerprint density at radius 2 is 1.86 bits per heavy atom. The molecule has 0 aromatic rings. The van der Waals surface area contributed by atoms with Crippen LogP contribution in [0, 0.1) is 0 Å². The van der Waals surface area contributed by atoms with Crippen LogP contribution in [0.2, 0.25) is 0 Å². The van der Waals surface area contributed by atoms with Gasteiger partial charge < -0.3 is 4.74 Å². The van der Waals surface area contributed by atoms with Crippen molar-refractivity contribution in [1.29, 1.82) is 0 Å². The first-order valence-electron chi connectivity index (χ1n) is 4.72. The van der Waals surface area contributed by atoms with E-state index >= 15 is 0 Å². The molecule has 0 saturated carbocycles. The van der Waals surface area contributed by atoms with Crippen molar-refractivity contribution < 1.29 is 14.3 Å². The highest BCUT2D eigenvalue weighted by molar-refractivity contribution is 8.14. The number of rotatable bonds is 4. The predicted octanol–water partition coefficient (Wildman–Crippen LogP) is 2.39. The van der Waals surface area contributed by atoms with Crippen LogP contribution in [0.15, 0.2) is 0 Å². The molecule has 0 fully saturated rings. The highest BCUT2D eigenvalue weighted by Gasteiger charge is 2.16. The Morgan fingerprint density at radius 3 is 2.29 bits per heavy atom. The Hall–Kier alpha value is -0.510. The van der Waals surface area contributed by atoms with Crippen LogP contribution in [0.5, 0.6) is 0 Å². The summed E-state index contributed by atoms with van der Waals surface area (Å²) in [5.74, 6) is -0.206. The topological polar surface area (TPSA) is 43.4 Å². The molecule has 0 N–H and O–H groups in total. The van der Waals surface area contributed by atoms with Crippen LogP contribution in [0.25, 0.3) is 0 Å². The predicted molar refractivity (Wildman–Crippen MR) is 58.2 cm³/mol. The van der Waals surface area contributed by atoms with Gasteiger partial charge in [0.2, 0.25) is 0 Å². The summed E-state index contributed by atoms with van der Waals surface area (Å²) in [4.78, 5) is 22.2. The van der Waals surface area contributed by atoms with Crippen molar-refractivity contribution in [2.24, 2.45) is 0 Å². The van der Waals surface area contributed by atoms with Gasteiger partial charge in [0, 0.05) is 6.42 Å². The fourth-order valence-electron chi connectivity index (χ4n) is 0.787. The Morgan fingerprint density at radius 1 is 1.29 bits per heavy atom. The minimum atomic E-state index is -0.467. The number of hydrogen-bond acceptors (Lipinski definition) is 4. The van der Waals surface area contributed by atoms with Crippen LogP contribution >= 0.6 is 11.8 Å². The molecular weight excluding hydrogens is 200 g/mol. The van der Waals surface area contributed by atoms with E-state index in [4.69, 9.17) is 4.74 Å². The van der Waals surface area contributed by atoms with E-state index in [9.17, 15) is 9.59 Å². The molecule has 0 aromatic heterocycles. The summed E-state index contributed by atoms with van der Waals surface area (Å²) in [6.07, 6.45) is 1.34. The summed E-state index contributed by atoms with van der Waals surface area (Å²) in [6, 6.07) is 0. The van der Waals surface area contributed by atoms with E-state index in [0.29, 0.717) is 6.42 Å². The molecule has 0 aromatic carbocycles. The average Bonchev–Trinajstić information content (AvgIpc) is 1.98. The molecular formula is C10H18O3S. The van der Waals surface area contributed by atoms with Crippen molar-refractivity contribution in [3.05, 3.63) is 0 Å². The van der Waals surface area contributed by atoms with Gasteiger partial charge in [0.1, 0.15) is 5.60 Å². The molecule has 0 aliphatic heterocycles. The lowest BCUT2D eigenvalue weighted by atomic mass is 10.2. The van der Waals surface area contributed by atoms with Crippen LogP contribution in [0.1, 0.15) is 40.5 Å². The van der Waals surface area contributed by atoms with Crippen molar-refractivity contribution in [2.45, 2.75) is 46.1 Å². The van der Waals surface area contributed by atoms with Crippen molar-refractivity contribution in [1.82, 2.24) is 0 Å². The quantitative estimate of drug-likeness (QED) is 0.679. The maximum absolute atomic E-state index is 11.2. The molecule has 0 heterocycles. The van der Waals surface area contributed by atoms with Gasteiger partial charge >= 0.3 is 5.97 Å². The molecule has 4 heteroatoms. The number of esters is 1. The van der Waals surface area contributed by atoms with Gasteiger partial charge in [-0.2, -0.15) is 0 Å². The lowest BCUT2D eigenvalue weighted by Gasteiger charge is -2.19. The highest BCUT2D eigenvalue weighted by Crippen LogP contribution is 2.12. The second-order valence-corrected chi connectivity index (χ2v) is 5.03. The van der Waals surface area contributed by atoms with Crippen LogP contribution in [0.4, 0.5) is 0 Å². The van der Waals surface area contributed by atoms with E-state index in [0.717, 1.165) is 18.2 Å². The SMILES string of the molecule is CCCC(=O)SCC(=O)OC(C)(C)C. The van der Waals surface area contributed by atoms with Crippen molar-refractivity contribution >= 4 is 22.8 Å². The molecule has 0 spiro atoms. The summed E-state index contributed by atoms with van der Waals surface area (Å²) in [6.45, 7) is 7.36. The van der Waals surface area contributed by atoms with Gasteiger partial charge in [0.25, 0.3) is 0 Å². The Balaban J connectivity index is 3.70. The monoisotopic (exact) mass is 218 g/mol. The van der Waals surface area contributed by atoms with Gasteiger partial charge in [-0.05, 0) is 27.2 Å². The minimum Gasteiger partial charge on any atom is -0.459 e. The summed E-state index contributed by atoms with van der Waals surface area (Å²) < 4.78 is 5.05. The third kappa shape index (κ3) is 8.10. The first kappa shape index (κ1) is 13.5. The van der Waals surface area contributed by atoms with Crippen LogP contribution < -0.4 is 0 Å². The van der Waals surface area contributed by atoms with Gasteiger partial charge in [-0.25, -0.2) is 0 Å². The highest BCUT2D eigenvalue weighted by atomic mass is 32.2. The molecule has 3 nitrogen and oxygen atoms in total. The van der Waals surface area contributed by atoms with Crippen molar-refractivity contribution in [2.75, 3.05) is 5.75 Å². The molecule has 0 aliphatic rings. The fourth-order valence-corrected chi connectivity index (χ4v) is 1.47. The second-order valence-electron chi connectivity index (χ2n) is 4.00. The molecule has 0 bridgehead atoms. The number of carbonyl (C=O) groups is 2. The first-order valence-corrected chi connectivity index (χ1v) is 5.71. The third-order valence-corrected chi connectivity index (χ3v) is 2.13. The number of carbonyl (C=O) groups excluding carboxylic acids is 2. The zero-order valence-electron chi connectivity index (χ0n) is 9.25. The normalized spacial score (nSPS) is 11.1. The van der Waals surface area contributed by atoms with Gasteiger partial charge in [-0.15, -0.1) is 0 Å². The Bertz CT molecular complexity index is 206. The molecule has 0 amide bonds. The summed E-state index contributed by atoms with van der Waals surface area (Å²) in [5.41, 5.74) is -0.467. The van der Waals surface area contributed by atoms with Gasteiger partial charge in [0.15, 0.2) is 5.12 Å². The molecule has 0 saturated heterocycles. The zero-order valence-corrected chi connectivity index (χ0v) is 10.1. The minimum absolute atomic E-state index is 0.0540. The maximum Gasteiger partial charge on any atom is 0.316 e. The Kier molecular flexibility index (Phi) is 5.84. The number of ether oxygens (including phenoxy) is 1. The van der Waals surface area contributed by atoms with E-state index in [1.54, 1.807) is 0 Å². The lowest BCUT2D eigenvalue weighted by molar-refractivity contribution is -0.151. The van der Waals surface area contributed by atoms with E-state index < -0.39 is 5.60 Å². The molecule has 0 radical (unpaired) electrons. The molecule has 0 unspecified atom stereocenters. The van der Waals surface area contributed by atoms with E-state index in [2.05, 4.69) is 0 Å². The Labute approximate surface area is 89.6 Å². The van der Waals surface area contributed by atoms with Crippen LogP contribution in [-0.2, 0) is 14.3 Å². The van der Waals surface area contributed by atoms with E-state index in [-0.39, 0.29) is 16.8 Å². The van der Waals surface area contributed by atoms with Crippen LogP contribution in [-0.4, -0.2) is 22.4 Å². The smallest absolute Gasteiger partial charge is 0.316 e. The number of hydrogen-bond donors (Lipinski definition) is 0. The third-order valence-electron chi connectivity index (χ3n) is 1.23. The first-order chi connectivity index (χ1) is 6.35. The molecule has 82 valence electrons. The second kappa shape index (κ2) is 6.06. The van der Waals surface area contributed by atoms with E-state index in [1.165, 1.54) is 0 Å². The average molecular weight is 218 g/mol. The lowest BCUT2D eigenvalue weighted by Crippen LogP contribution is -2.25. The van der Waals surface area contributed by atoms with Gasteiger partial charge in [-0.3, -0.25) is 9.59 Å². The maximum atomic E-state index is 11.2. The zero-order chi connectivity index (χ0) is 11.2. The summed E-state index contributed by atoms with van der Waals surface area (Å²) >= 11 is 1.04. The molecule has 0 aliphatic carbocycles. The molecule has 14 heavy (non-hydrogen) atoms. The van der Waals surface area contributed by atoms with Gasteiger partial charge in [-0.1, -0.05) is 18.7 Å². The largest absolute Gasteiger partial charge is 0.459 e. The summed E-state index contributed by atoms with van der Waals surface area (Å²) in [5, 5.41) is 0.0540. The standard InChI is InChI=1S/C10H18O3S/c1-5-6-9(12)14-7-8(11)13-10(2,3)4/h5-7H2,1-4H3. The van der Waals surface area contributed by atoms with Gasteiger partial charge in [0.05, 0.1) is 5.75 Å². The van der Waals surface area contributed by atoms with Crippen molar-refractivity contribution in [3.8, 4) is 0 Å².